The highest BCUT2D eigenvalue weighted by atomic mass is 32.1. The summed E-state index contributed by atoms with van der Waals surface area (Å²) in [6, 6.07) is 0. The van der Waals surface area contributed by atoms with Crippen molar-refractivity contribution in [3.8, 4) is 5.88 Å². The van der Waals surface area contributed by atoms with E-state index in [1.807, 2.05) is 5.38 Å². The Morgan fingerprint density at radius 2 is 2.50 bits per heavy atom. The summed E-state index contributed by atoms with van der Waals surface area (Å²) < 4.78 is 1.59. The second kappa shape index (κ2) is 2.31. The third kappa shape index (κ3) is 0.831. The number of thiazole rings is 1. The first-order chi connectivity index (χ1) is 5.70. The van der Waals surface area contributed by atoms with Crippen molar-refractivity contribution >= 4 is 22.1 Å². The molecule has 0 aliphatic heterocycles. The first kappa shape index (κ1) is 7.30. The lowest BCUT2D eigenvalue weighted by Gasteiger charge is -1.90. The Kier molecular flexibility index (Phi) is 1.41. The molecule has 0 unspecified atom stereocenters. The van der Waals surface area contributed by atoms with Crippen LogP contribution in [0.2, 0.25) is 0 Å². The van der Waals surface area contributed by atoms with Gasteiger partial charge in [0.05, 0.1) is 0 Å². The van der Waals surface area contributed by atoms with Crippen molar-refractivity contribution in [3.05, 3.63) is 17.3 Å². The average molecular weight is 182 g/mol. The van der Waals surface area contributed by atoms with Crippen molar-refractivity contribution in [1.82, 2.24) is 9.38 Å². The fourth-order valence-corrected chi connectivity index (χ4v) is 1.81. The maximum Gasteiger partial charge on any atom is 0.242 e. The maximum absolute atomic E-state index is 11.0. The largest absolute Gasteiger partial charge is 0.492 e. The van der Waals surface area contributed by atoms with E-state index in [4.69, 9.17) is 0 Å². The van der Waals surface area contributed by atoms with Gasteiger partial charge in [0, 0.05) is 18.5 Å². The topological polar surface area (TPSA) is 54.6 Å². The number of carbonyl (C=O) groups excluding carboxylic acids is 1. The van der Waals surface area contributed by atoms with Gasteiger partial charge >= 0.3 is 0 Å². The smallest absolute Gasteiger partial charge is 0.242 e. The highest BCUT2D eigenvalue weighted by Gasteiger charge is 2.15. The number of carbonyl (C=O) groups is 1. The summed E-state index contributed by atoms with van der Waals surface area (Å²) in [5.41, 5.74) is 0.256. The molecule has 0 saturated carbocycles. The van der Waals surface area contributed by atoms with Crippen LogP contribution in [0.5, 0.6) is 5.88 Å². The molecule has 62 valence electrons. The lowest BCUT2D eigenvalue weighted by Crippen LogP contribution is -1.96. The Bertz CT molecular complexity index is 443. The van der Waals surface area contributed by atoms with Crippen molar-refractivity contribution in [2.75, 3.05) is 0 Å². The molecule has 2 aromatic rings. The maximum atomic E-state index is 11.0. The van der Waals surface area contributed by atoms with Crippen molar-refractivity contribution in [3.63, 3.8) is 0 Å². The fourth-order valence-electron chi connectivity index (χ4n) is 1.10. The summed E-state index contributed by atoms with van der Waals surface area (Å²) in [5.74, 6) is -0.368. The zero-order valence-electron chi connectivity index (χ0n) is 6.31. The monoisotopic (exact) mass is 182 g/mol. The minimum Gasteiger partial charge on any atom is -0.492 e. The SMILES string of the molecule is CC(=O)c1c(O)nc2sccn12. The Labute approximate surface area is 72.1 Å². The average Bonchev–Trinajstić information content (AvgIpc) is 2.44. The molecule has 0 bridgehead atoms. The summed E-state index contributed by atoms with van der Waals surface area (Å²) in [7, 11) is 0. The van der Waals surface area contributed by atoms with Crippen LogP contribution in [0.1, 0.15) is 17.4 Å². The van der Waals surface area contributed by atoms with E-state index in [-0.39, 0.29) is 17.4 Å². The summed E-state index contributed by atoms with van der Waals surface area (Å²) in [4.78, 5) is 15.5. The molecular weight excluding hydrogens is 176 g/mol. The number of imidazole rings is 1. The molecule has 1 N–H and O–H groups in total. The predicted molar refractivity (Wildman–Crippen MR) is 44.7 cm³/mol. The number of aromatic hydroxyl groups is 1. The van der Waals surface area contributed by atoms with Crippen molar-refractivity contribution in [1.29, 1.82) is 0 Å². The van der Waals surface area contributed by atoms with Crippen LogP contribution in [-0.2, 0) is 0 Å². The number of fused-ring (bicyclic) bond motifs is 1. The minimum absolute atomic E-state index is 0.182. The summed E-state index contributed by atoms with van der Waals surface area (Å²) in [6.45, 7) is 1.40. The van der Waals surface area contributed by atoms with Gasteiger partial charge in [-0.25, -0.2) is 0 Å². The van der Waals surface area contributed by atoms with Crippen LogP contribution in [0.25, 0.3) is 4.96 Å². The molecule has 2 aromatic heterocycles. The highest BCUT2D eigenvalue weighted by molar-refractivity contribution is 7.15. The number of nitrogens with zero attached hydrogens (tertiary/aromatic N) is 2. The van der Waals surface area contributed by atoms with Crippen LogP contribution in [-0.4, -0.2) is 20.3 Å². The molecule has 4 nitrogen and oxygen atoms in total. The second-order valence-electron chi connectivity index (χ2n) is 2.40. The fraction of sp³-hybridized carbons (Fsp3) is 0.143. The molecule has 0 aliphatic carbocycles. The molecule has 0 fully saturated rings. The summed E-state index contributed by atoms with van der Waals surface area (Å²) >= 11 is 1.38. The Morgan fingerprint density at radius 3 is 3.17 bits per heavy atom. The van der Waals surface area contributed by atoms with E-state index in [1.54, 1.807) is 10.6 Å². The molecule has 2 rings (SSSR count). The molecule has 5 heteroatoms. The Hall–Kier alpha value is -1.36. The molecule has 12 heavy (non-hydrogen) atoms. The standard InChI is InChI=1S/C7H6N2O2S/c1-4(10)5-6(11)8-7-9(5)2-3-12-7/h2-3,11H,1H3. The zero-order valence-corrected chi connectivity index (χ0v) is 7.13. The van der Waals surface area contributed by atoms with Gasteiger partial charge in [-0.05, 0) is 0 Å². The van der Waals surface area contributed by atoms with E-state index < -0.39 is 0 Å². The first-order valence-corrected chi connectivity index (χ1v) is 4.23. The van der Waals surface area contributed by atoms with E-state index >= 15 is 0 Å². The van der Waals surface area contributed by atoms with Gasteiger partial charge < -0.3 is 5.11 Å². The quantitative estimate of drug-likeness (QED) is 0.676. The third-order valence-electron chi connectivity index (χ3n) is 1.58. The Balaban J connectivity index is 2.84. The van der Waals surface area contributed by atoms with Crippen LogP contribution < -0.4 is 0 Å². The van der Waals surface area contributed by atoms with Crippen molar-refractivity contribution < 1.29 is 9.90 Å². The summed E-state index contributed by atoms with van der Waals surface area (Å²) in [5, 5.41) is 11.1. The zero-order chi connectivity index (χ0) is 8.72. The molecular formula is C7H6N2O2S. The molecule has 2 heterocycles. The van der Waals surface area contributed by atoms with Gasteiger partial charge in [0.15, 0.2) is 16.4 Å². The van der Waals surface area contributed by atoms with Gasteiger partial charge in [0.1, 0.15) is 0 Å². The van der Waals surface area contributed by atoms with E-state index in [1.165, 1.54) is 18.3 Å². The van der Waals surface area contributed by atoms with Crippen LogP contribution in [0.3, 0.4) is 0 Å². The number of hydrogen-bond acceptors (Lipinski definition) is 4. The van der Waals surface area contributed by atoms with Crippen molar-refractivity contribution in [2.24, 2.45) is 0 Å². The number of ketones is 1. The van der Waals surface area contributed by atoms with E-state index in [0.717, 1.165) is 0 Å². The molecule has 0 spiro atoms. The molecule has 0 amide bonds. The number of Topliss-reactive ketones (excluding diaryl/α,β-unsaturated/α-hetero) is 1. The van der Waals surface area contributed by atoms with Gasteiger partial charge in [-0.2, -0.15) is 4.98 Å². The first-order valence-electron chi connectivity index (χ1n) is 3.35. The van der Waals surface area contributed by atoms with E-state index in [0.29, 0.717) is 4.96 Å². The Morgan fingerprint density at radius 1 is 1.75 bits per heavy atom. The predicted octanol–water partition coefficient (Wildman–Crippen LogP) is 1.30. The van der Waals surface area contributed by atoms with Gasteiger partial charge in [-0.15, -0.1) is 11.3 Å². The lowest BCUT2D eigenvalue weighted by atomic mass is 10.3. The van der Waals surface area contributed by atoms with Gasteiger partial charge in [-0.1, -0.05) is 0 Å². The number of hydrogen-bond donors (Lipinski definition) is 1. The van der Waals surface area contributed by atoms with Gasteiger partial charge in [0.25, 0.3) is 0 Å². The van der Waals surface area contributed by atoms with Crippen LogP contribution >= 0.6 is 11.3 Å². The van der Waals surface area contributed by atoms with Gasteiger partial charge in [-0.3, -0.25) is 9.20 Å². The number of aromatic nitrogens is 2. The van der Waals surface area contributed by atoms with Crippen LogP contribution in [0, 0.1) is 0 Å². The number of rotatable bonds is 1. The molecule has 0 aromatic carbocycles. The minimum atomic E-state index is -0.186. The van der Waals surface area contributed by atoms with Crippen molar-refractivity contribution in [2.45, 2.75) is 6.92 Å². The van der Waals surface area contributed by atoms with Gasteiger partial charge in [0.2, 0.25) is 5.88 Å². The van der Waals surface area contributed by atoms with E-state index in [2.05, 4.69) is 4.98 Å². The van der Waals surface area contributed by atoms with Crippen LogP contribution in [0.4, 0.5) is 0 Å². The van der Waals surface area contributed by atoms with Crippen LogP contribution in [0.15, 0.2) is 11.6 Å². The molecule has 0 atom stereocenters. The molecule has 0 saturated heterocycles. The normalized spacial score (nSPS) is 10.8. The lowest BCUT2D eigenvalue weighted by molar-refractivity contribution is 0.100. The molecule has 0 radical (unpaired) electrons. The van der Waals surface area contributed by atoms with E-state index in [9.17, 15) is 9.90 Å². The summed E-state index contributed by atoms with van der Waals surface area (Å²) in [6.07, 6.45) is 1.71. The molecule has 0 aliphatic rings. The highest BCUT2D eigenvalue weighted by Crippen LogP contribution is 2.21. The second-order valence-corrected chi connectivity index (χ2v) is 3.27. The third-order valence-corrected chi connectivity index (χ3v) is 2.33.